The Morgan fingerprint density at radius 3 is 2.53 bits per heavy atom. The summed E-state index contributed by atoms with van der Waals surface area (Å²) in [5.74, 6) is -0.939. The molecule has 1 aromatic carbocycles. The van der Waals surface area contributed by atoms with Gasteiger partial charge >= 0.3 is 0 Å². The Labute approximate surface area is 198 Å². The number of aromatic nitrogens is 2. The summed E-state index contributed by atoms with van der Waals surface area (Å²) in [7, 11) is 3.56. The van der Waals surface area contributed by atoms with Gasteiger partial charge in [0.15, 0.2) is 0 Å². The van der Waals surface area contributed by atoms with Gasteiger partial charge in [0.25, 0.3) is 11.8 Å². The Morgan fingerprint density at radius 1 is 1.21 bits per heavy atom. The summed E-state index contributed by atoms with van der Waals surface area (Å²) < 4.78 is 5.45. The summed E-state index contributed by atoms with van der Waals surface area (Å²) >= 11 is 0. The minimum atomic E-state index is -0.797. The Kier molecular flexibility index (Phi) is 7.95. The van der Waals surface area contributed by atoms with Crippen LogP contribution < -0.4 is 21.1 Å². The summed E-state index contributed by atoms with van der Waals surface area (Å²) in [4.78, 5) is 47.5. The van der Waals surface area contributed by atoms with Crippen molar-refractivity contribution in [3.8, 4) is 5.75 Å². The molecule has 2 aromatic rings. The first-order valence-corrected chi connectivity index (χ1v) is 11.0. The van der Waals surface area contributed by atoms with Gasteiger partial charge in [-0.25, -0.2) is 9.97 Å². The molecule has 34 heavy (non-hydrogen) atoms. The molecular formula is C24H30N6O4. The predicted molar refractivity (Wildman–Crippen MR) is 129 cm³/mol. The zero-order valence-electron chi connectivity index (χ0n) is 19.8. The lowest BCUT2D eigenvalue weighted by Crippen LogP contribution is -2.43. The summed E-state index contributed by atoms with van der Waals surface area (Å²) in [6, 6.07) is 5.11. The van der Waals surface area contributed by atoms with Gasteiger partial charge in [0.2, 0.25) is 11.7 Å². The first-order chi connectivity index (χ1) is 16.2. The molecule has 1 fully saturated rings. The first-order valence-electron chi connectivity index (χ1n) is 11.0. The van der Waals surface area contributed by atoms with Crippen molar-refractivity contribution < 1.29 is 19.1 Å². The van der Waals surface area contributed by atoms with E-state index in [4.69, 9.17) is 10.5 Å². The number of benzene rings is 1. The van der Waals surface area contributed by atoms with E-state index in [0.717, 1.165) is 31.5 Å². The number of allylic oxidation sites excluding steroid dienone is 2. The van der Waals surface area contributed by atoms with Crippen LogP contribution in [0.3, 0.4) is 0 Å². The maximum Gasteiger partial charge on any atom is 0.252 e. The molecule has 3 rings (SSSR count). The van der Waals surface area contributed by atoms with E-state index in [1.807, 2.05) is 0 Å². The summed E-state index contributed by atoms with van der Waals surface area (Å²) in [6.07, 6.45) is 4.40. The molecule has 0 aliphatic carbocycles. The van der Waals surface area contributed by atoms with Gasteiger partial charge in [-0.15, -0.1) is 0 Å². The smallest absolute Gasteiger partial charge is 0.252 e. The van der Waals surface area contributed by atoms with E-state index in [9.17, 15) is 14.4 Å². The maximum absolute atomic E-state index is 12.7. The fourth-order valence-electron chi connectivity index (χ4n) is 3.62. The van der Waals surface area contributed by atoms with Gasteiger partial charge in [-0.2, -0.15) is 0 Å². The number of hydrogen-bond acceptors (Lipinski definition) is 8. The van der Waals surface area contributed by atoms with Gasteiger partial charge in [-0.1, -0.05) is 5.57 Å². The molecule has 0 bridgehead atoms. The number of ether oxygens (including phenoxy) is 1. The highest BCUT2D eigenvalue weighted by Gasteiger charge is 2.21. The van der Waals surface area contributed by atoms with Gasteiger partial charge in [-0.05, 0) is 71.1 Å². The lowest BCUT2D eigenvalue weighted by Gasteiger charge is -2.29. The lowest BCUT2D eigenvalue weighted by atomic mass is 10.0. The van der Waals surface area contributed by atoms with Crippen LogP contribution in [0.25, 0.3) is 0 Å². The minimum Gasteiger partial charge on any atom is -0.495 e. The van der Waals surface area contributed by atoms with Crippen LogP contribution >= 0.6 is 0 Å². The molecule has 0 atom stereocenters. The Balaban J connectivity index is 1.81. The van der Waals surface area contributed by atoms with Crippen LogP contribution in [0.4, 0.5) is 11.6 Å². The third-order valence-corrected chi connectivity index (χ3v) is 5.47. The number of carbonyl (C=O) groups excluding carboxylic acids is 3. The van der Waals surface area contributed by atoms with Crippen molar-refractivity contribution in [2.75, 3.05) is 32.6 Å². The number of primary amides is 1. The molecule has 0 radical (unpaired) electrons. The maximum atomic E-state index is 12.7. The highest BCUT2D eigenvalue weighted by atomic mass is 16.5. The molecule has 0 unspecified atom stereocenters. The number of nitrogens with zero attached hydrogens (tertiary/aromatic N) is 3. The Bertz CT molecular complexity index is 1120. The van der Waals surface area contributed by atoms with Gasteiger partial charge in [0, 0.05) is 17.8 Å². The molecule has 180 valence electrons. The van der Waals surface area contributed by atoms with Crippen molar-refractivity contribution in [3.63, 3.8) is 0 Å². The van der Waals surface area contributed by atoms with Crippen LogP contribution in [0.5, 0.6) is 5.75 Å². The molecule has 1 saturated heterocycles. The van der Waals surface area contributed by atoms with E-state index in [-0.39, 0.29) is 29.2 Å². The molecular weight excluding hydrogens is 436 g/mol. The number of nitrogens with two attached hydrogens (primary N) is 1. The van der Waals surface area contributed by atoms with Crippen molar-refractivity contribution in [2.45, 2.75) is 32.7 Å². The van der Waals surface area contributed by atoms with Gasteiger partial charge in [0.05, 0.1) is 18.4 Å². The molecule has 1 aliphatic rings. The largest absolute Gasteiger partial charge is 0.495 e. The summed E-state index contributed by atoms with van der Waals surface area (Å²) in [6.45, 7) is 5.42. The number of nitrogens with one attached hydrogen (secondary N) is 2. The zero-order chi connectivity index (χ0) is 24.8. The molecule has 1 aromatic heterocycles. The molecule has 2 amide bonds. The molecule has 0 spiro atoms. The summed E-state index contributed by atoms with van der Waals surface area (Å²) in [5.41, 5.74) is 6.92. The van der Waals surface area contributed by atoms with E-state index >= 15 is 0 Å². The third-order valence-electron chi connectivity index (χ3n) is 5.47. The van der Waals surface area contributed by atoms with Crippen molar-refractivity contribution >= 4 is 29.2 Å². The Morgan fingerprint density at radius 2 is 1.91 bits per heavy atom. The number of anilines is 2. The average molecular weight is 467 g/mol. The topological polar surface area (TPSA) is 140 Å². The molecule has 10 nitrogen and oxygen atoms in total. The van der Waals surface area contributed by atoms with Gasteiger partial charge in [-0.3, -0.25) is 14.4 Å². The average Bonchev–Trinajstić information content (AvgIpc) is 2.80. The lowest BCUT2D eigenvalue weighted by molar-refractivity contribution is 0.0915. The molecule has 2 heterocycles. The molecule has 0 saturated carbocycles. The Hall–Kier alpha value is -3.79. The van der Waals surface area contributed by atoms with Crippen LogP contribution in [0, 0.1) is 0 Å². The number of piperidine rings is 1. The third kappa shape index (κ3) is 6.16. The number of carbonyl (C=O) groups is 3. The van der Waals surface area contributed by atoms with Gasteiger partial charge < -0.3 is 26.0 Å². The van der Waals surface area contributed by atoms with Crippen LogP contribution in [0.15, 0.2) is 36.0 Å². The normalized spacial score (nSPS) is 14.2. The number of likely N-dealkylation sites (tertiary alicyclic amines) is 1. The molecule has 10 heteroatoms. The fourth-order valence-corrected chi connectivity index (χ4v) is 3.62. The molecule has 4 N–H and O–H groups in total. The quantitative estimate of drug-likeness (QED) is 0.398. The van der Waals surface area contributed by atoms with Crippen LogP contribution in [0.2, 0.25) is 0 Å². The van der Waals surface area contributed by atoms with E-state index in [1.165, 1.54) is 19.4 Å². The fraction of sp³-hybridized carbons (Fsp3) is 0.375. The standard InChI is InChI=1S/C24H30N6O4/c1-14(2)11-19(31)21-17(22(25)32)13-26-24(29-21)28-18-6-5-15(12-20(18)34-4)23(33)27-16-7-9-30(3)10-8-16/h5-6,11-13,16H,7-10H2,1-4H3,(H2,25,32)(H,27,33)(H,26,28,29). The predicted octanol–water partition coefficient (Wildman–Crippen LogP) is 2.30. The van der Waals surface area contributed by atoms with Crippen molar-refractivity contribution in [2.24, 2.45) is 5.73 Å². The SMILES string of the molecule is COc1cc(C(=O)NC2CCN(C)CC2)ccc1Nc1ncc(C(N)=O)c(C(=O)C=C(C)C)n1. The van der Waals surface area contributed by atoms with Crippen molar-refractivity contribution in [1.29, 1.82) is 0 Å². The molecule has 1 aliphatic heterocycles. The second-order valence-corrected chi connectivity index (χ2v) is 8.50. The number of amides is 2. The number of methoxy groups -OCH3 is 1. The van der Waals surface area contributed by atoms with E-state index in [0.29, 0.717) is 17.0 Å². The van der Waals surface area contributed by atoms with Crippen LogP contribution in [-0.2, 0) is 0 Å². The number of rotatable bonds is 8. The van der Waals surface area contributed by atoms with E-state index in [1.54, 1.807) is 32.0 Å². The zero-order valence-corrected chi connectivity index (χ0v) is 19.8. The van der Waals surface area contributed by atoms with Gasteiger partial charge in [0.1, 0.15) is 11.4 Å². The second-order valence-electron chi connectivity index (χ2n) is 8.50. The first kappa shape index (κ1) is 24.8. The van der Waals surface area contributed by atoms with Crippen LogP contribution in [-0.4, -0.2) is 65.8 Å². The monoisotopic (exact) mass is 466 g/mol. The highest BCUT2D eigenvalue weighted by Crippen LogP contribution is 2.28. The van der Waals surface area contributed by atoms with Crippen molar-refractivity contribution in [3.05, 3.63) is 52.9 Å². The summed E-state index contributed by atoms with van der Waals surface area (Å²) in [5, 5.41) is 6.06. The van der Waals surface area contributed by atoms with Crippen LogP contribution in [0.1, 0.15) is 57.9 Å². The highest BCUT2D eigenvalue weighted by molar-refractivity contribution is 6.11. The number of hydrogen-bond donors (Lipinski definition) is 3. The van der Waals surface area contributed by atoms with E-state index in [2.05, 4.69) is 32.5 Å². The number of ketones is 1. The minimum absolute atomic E-state index is 0.0686. The van der Waals surface area contributed by atoms with E-state index < -0.39 is 11.7 Å². The second kappa shape index (κ2) is 10.9. The van der Waals surface area contributed by atoms with Crippen molar-refractivity contribution in [1.82, 2.24) is 20.2 Å².